The van der Waals surface area contributed by atoms with Crippen LogP contribution in [0.25, 0.3) is 0 Å². The van der Waals surface area contributed by atoms with Gasteiger partial charge in [-0.25, -0.2) is 0 Å². The van der Waals surface area contributed by atoms with E-state index < -0.39 is 10.8 Å². The maximum atomic E-state index is 12.0. The third kappa shape index (κ3) is 3.03. The van der Waals surface area contributed by atoms with Crippen LogP contribution in [0, 0.1) is 10.1 Å². The van der Waals surface area contributed by atoms with Gasteiger partial charge in [-0.15, -0.1) is 0 Å². The molecule has 0 spiro atoms. The lowest BCUT2D eigenvalue weighted by Gasteiger charge is -2.34. The number of ether oxygens (including phenoxy) is 1. The molecule has 1 aromatic rings. The highest BCUT2D eigenvalue weighted by atomic mass is 35.5. The van der Waals surface area contributed by atoms with Crippen molar-refractivity contribution in [3.05, 3.63) is 37.9 Å². The Bertz CT molecular complexity index is 559. The summed E-state index contributed by atoms with van der Waals surface area (Å²) in [5, 5.41) is 13.4. The van der Waals surface area contributed by atoms with E-state index in [4.69, 9.17) is 27.9 Å². The monoisotopic (exact) mass is 318 g/mol. The standard InChI is InChI=1S/C12H12Cl2N2O4/c1-20-8-4-7(5-8)15-12(17)6-2-9(13)11(14)10(3-6)16(18)19/h2-3,7-8H,4-5H2,1H3,(H,15,17). The van der Waals surface area contributed by atoms with Gasteiger partial charge in [0.05, 0.1) is 16.0 Å². The van der Waals surface area contributed by atoms with Crippen molar-refractivity contribution in [2.24, 2.45) is 0 Å². The van der Waals surface area contributed by atoms with Crippen LogP contribution in [-0.4, -0.2) is 30.1 Å². The topological polar surface area (TPSA) is 81.5 Å². The predicted molar refractivity (Wildman–Crippen MR) is 74.4 cm³/mol. The molecule has 1 aromatic carbocycles. The van der Waals surface area contributed by atoms with Gasteiger partial charge in [-0.3, -0.25) is 14.9 Å². The first-order valence-electron chi connectivity index (χ1n) is 5.89. The fourth-order valence-electron chi connectivity index (χ4n) is 1.98. The molecule has 2 rings (SSSR count). The lowest BCUT2D eigenvalue weighted by Crippen LogP contribution is -2.47. The van der Waals surface area contributed by atoms with Gasteiger partial charge in [0.2, 0.25) is 0 Å². The van der Waals surface area contributed by atoms with E-state index in [1.807, 2.05) is 0 Å². The fourth-order valence-corrected chi connectivity index (χ4v) is 2.38. The first kappa shape index (κ1) is 15.0. The van der Waals surface area contributed by atoms with Gasteiger partial charge in [-0.1, -0.05) is 23.2 Å². The number of nitro groups is 1. The van der Waals surface area contributed by atoms with Gasteiger partial charge in [-0.2, -0.15) is 0 Å². The molecule has 0 unspecified atom stereocenters. The number of carbonyl (C=O) groups excluding carboxylic acids is 1. The predicted octanol–water partition coefficient (Wildman–Crippen LogP) is 2.81. The van der Waals surface area contributed by atoms with Gasteiger partial charge in [0.25, 0.3) is 11.6 Å². The third-order valence-electron chi connectivity index (χ3n) is 3.23. The van der Waals surface area contributed by atoms with E-state index in [1.165, 1.54) is 6.07 Å². The summed E-state index contributed by atoms with van der Waals surface area (Å²) in [5.41, 5.74) is -0.264. The lowest BCUT2D eigenvalue weighted by molar-refractivity contribution is -0.384. The van der Waals surface area contributed by atoms with Crippen LogP contribution >= 0.6 is 23.2 Å². The SMILES string of the molecule is COC1CC(NC(=O)c2cc(Cl)c(Cl)c([N+](=O)[O-])c2)C1. The summed E-state index contributed by atoms with van der Waals surface area (Å²) in [7, 11) is 1.62. The van der Waals surface area contributed by atoms with E-state index in [-0.39, 0.29) is 33.4 Å². The minimum Gasteiger partial charge on any atom is -0.381 e. The molecular weight excluding hydrogens is 307 g/mol. The molecule has 0 aromatic heterocycles. The lowest BCUT2D eigenvalue weighted by atomic mass is 9.89. The van der Waals surface area contributed by atoms with Crippen LogP contribution < -0.4 is 5.32 Å². The van der Waals surface area contributed by atoms with Gasteiger partial charge >= 0.3 is 0 Å². The Morgan fingerprint density at radius 1 is 1.45 bits per heavy atom. The van der Waals surface area contributed by atoms with Crippen LogP contribution in [-0.2, 0) is 4.74 Å². The highest BCUT2D eigenvalue weighted by Gasteiger charge is 2.31. The second kappa shape index (κ2) is 5.95. The summed E-state index contributed by atoms with van der Waals surface area (Å²) in [6.45, 7) is 0. The number of amides is 1. The molecule has 0 bridgehead atoms. The third-order valence-corrected chi connectivity index (χ3v) is 4.02. The smallest absolute Gasteiger partial charge is 0.290 e. The zero-order chi connectivity index (χ0) is 14.9. The molecule has 1 amide bonds. The van der Waals surface area contributed by atoms with Crippen LogP contribution in [0.15, 0.2) is 12.1 Å². The van der Waals surface area contributed by atoms with E-state index in [1.54, 1.807) is 7.11 Å². The molecule has 8 heteroatoms. The summed E-state index contributed by atoms with van der Waals surface area (Å²) >= 11 is 11.5. The van der Waals surface area contributed by atoms with Gasteiger partial charge in [-0.05, 0) is 18.9 Å². The van der Waals surface area contributed by atoms with Crippen molar-refractivity contribution in [1.29, 1.82) is 0 Å². The van der Waals surface area contributed by atoms with Crippen molar-refractivity contribution in [1.82, 2.24) is 5.32 Å². The number of benzene rings is 1. The number of hydrogen-bond donors (Lipinski definition) is 1. The molecule has 20 heavy (non-hydrogen) atoms. The molecule has 0 radical (unpaired) electrons. The van der Waals surface area contributed by atoms with Gasteiger partial charge in [0.15, 0.2) is 0 Å². The molecule has 1 saturated carbocycles. The van der Waals surface area contributed by atoms with Crippen LogP contribution in [0.3, 0.4) is 0 Å². The van der Waals surface area contributed by atoms with Gasteiger partial charge < -0.3 is 10.1 Å². The largest absolute Gasteiger partial charge is 0.381 e. The number of halogens is 2. The van der Waals surface area contributed by atoms with E-state index >= 15 is 0 Å². The summed E-state index contributed by atoms with van der Waals surface area (Å²) < 4.78 is 5.11. The van der Waals surface area contributed by atoms with Crippen LogP contribution in [0.5, 0.6) is 0 Å². The fraction of sp³-hybridized carbons (Fsp3) is 0.417. The maximum absolute atomic E-state index is 12.0. The number of nitrogens with one attached hydrogen (secondary N) is 1. The average molecular weight is 319 g/mol. The van der Waals surface area contributed by atoms with E-state index in [9.17, 15) is 14.9 Å². The molecule has 108 valence electrons. The molecule has 0 aliphatic heterocycles. The Morgan fingerprint density at radius 3 is 2.65 bits per heavy atom. The minimum atomic E-state index is -0.671. The van der Waals surface area contributed by atoms with Crippen molar-refractivity contribution in [2.75, 3.05) is 7.11 Å². The summed E-state index contributed by atoms with van der Waals surface area (Å²) in [5.74, 6) is -0.411. The van der Waals surface area contributed by atoms with E-state index in [0.29, 0.717) is 0 Å². The second-order valence-electron chi connectivity index (χ2n) is 4.55. The number of rotatable bonds is 4. The first-order valence-corrected chi connectivity index (χ1v) is 6.65. The van der Waals surface area contributed by atoms with Crippen LogP contribution in [0.1, 0.15) is 23.2 Å². The van der Waals surface area contributed by atoms with E-state index in [0.717, 1.165) is 18.9 Å². The number of nitrogens with zero attached hydrogens (tertiary/aromatic N) is 1. The highest BCUT2D eigenvalue weighted by Crippen LogP contribution is 2.33. The first-order chi connectivity index (χ1) is 9.42. The van der Waals surface area contributed by atoms with Crippen molar-refractivity contribution >= 4 is 34.8 Å². The van der Waals surface area contributed by atoms with Crippen molar-refractivity contribution < 1.29 is 14.5 Å². The zero-order valence-electron chi connectivity index (χ0n) is 10.6. The molecule has 0 heterocycles. The number of carbonyl (C=O) groups is 1. The Labute approximate surface area is 125 Å². The Kier molecular flexibility index (Phi) is 4.47. The summed E-state index contributed by atoms with van der Waals surface area (Å²) in [6, 6.07) is 2.45. The van der Waals surface area contributed by atoms with Gasteiger partial charge in [0, 0.05) is 24.8 Å². The summed E-state index contributed by atoms with van der Waals surface area (Å²) in [6.07, 6.45) is 1.61. The summed E-state index contributed by atoms with van der Waals surface area (Å²) in [4.78, 5) is 22.2. The molecule has 0 atom stereocenters. The molecular formula is C12H12Cl2N2O4. The molecule has 6 nitrogen and oxygen atoms in total. The van der Waals surface area contributed by atoms with Crippen molar-refractivity contribution in [3.63, 3.8) is 0 Å². The minimum absolute atomic E-state index is 0.0148. The Hall–Kier alpha value is -1.37. The van der Waals surface area contributed by atoms with E-state index in [2.05, 4.69) is 5.32 Å². The Balaban J connectivity index is 2.12. The van der Waals surface area contributed by atoms with Crippen LogP contribution in [0.2, 0.25) is 10.0 Å². The van der Waals surface area contributed by atoms with Crippen molar-refractivity contribution in [2.45, 2.75) is 25.0 Å². The number of nitro benzene ring substituents is 1. The molecule has 0 saturated heterocycles. The van der Waals surface area contributed by atoms with Crippen molar-refractivity contribution in [3.8, 4) is 0 Å². The zero-order valence-corrected chi connectivity index (χ0v) is 12.1. The quantitative estimate of drug-likeness (QED) is 0.683. The highest BCUT2D eigenvalue weighted by molar-refractivity contribution is 6.43. The maximum Gasteiger partial charge on any atom is 0.290 e. The molecule has 1 N–H and O–H groups in total. The van der Waals surface area contributed by atoms with Gasteiger partial charge in [0.1, 0.15) is 5.02 Å². The number of methoxy groups -OCH3 is 1. The number of hydrogen-bond acceptors (Lipinski definition) is 4. The Morgan fingerprint density at radius 2 is 2.10 bits per heavy atom. The molecule has 1 fully saturated rings. The molecule has 1 aliphatic carbocycles. The van der Waals surface area contributed by atoms with Crippen LogP contribution in [0.4, 0.5) is 5.69 Å². The second-order valence-corrected chi connectivity index (χ2v) is 5.33. The average Bonchev–Trinajstić information content (AvgIpc) is 2.35. The molecule has 1 aliphatic rings. The normalized spacial score (nSPS) is 21.1.